The van der Waals surface area contributed by atoms with Crippen LogP contribution in [0.2, 0.25) is 0 Å². The van der Waals surface area contributed by atoms with E-state index < -0.39 is 11.9 Å². The minimum Gasteiger partial charge on any atom is -0.337 e. The van der Waals surface area contributed by atoms with Gasteiger partial charge in [-0.25, -0.2) is 19.2 Å². The van der Waals surface area contributed by atoms with Gasteiger partial charge in [0.15, 0.2) is 0 Å². The summed E-state index contributed by atoms with van der Waals surface area (Å²) in [5.74, 6) is -0.688. The number of carbonyl (C=O) groups excluding carboxylic acids is 2. The third kappa shape index (κ3) is 5.46. The number of urea groups is 1. The number of thioether (sulfide) groups is 1. The first-order valence-electron chi connectivity index (χ1n) is 9.31. The van der Waals surface area contributed by atoms with Crippen molar-refractivity contribution in [2.75, 3.05) is 12.3 Å². The lowest BCUT2D eigenvalue weighted by Gasteiger charge is -2.07. The van der Waals surface area contributed by atoms with Crippen LogP contribution in [0.3, 0.4) is 0 Å². The summed E-state index contributed by atoms with van der Waals surface area (Å²) >= 11 is 4.31. The Bertz CT molecular complexity index is 1190. The van der Waals surface area contributed by atoms with Crippen LogP contribution in [-0.4, -0.2) is 34.2 Å². The molecule has 3 aromatic heterocycles. The first-order valence-corrected chi connectivity index (χ1v) is 12.1. The van der Waals surface area contributed by atoms with Gasteiger partial charge in [0.2, 0.25) is 5.91 Å². The fourth-order valence-corrected chi connectivity index (χ4v) is 5.40. The summed E-state index contributed by atoms with van der Waals surface area (Å²) in [6.45, 7) is 0.454. The Kier molecular flexibility index (Phi) is 6.90. The number of aromatic nitrogens is 2. The third-order valence-electron chi connectivity index (χ3n) is 4.32. The Morgan fingerprint density at radius 3 is 2.71 bits per heavy atom. The number of nitrogens with one attached hydrogen (secondary N) is 2. The van der Waals surface area contributed by atoms with E-state index in [1.165, 1.54) is 46.4 Å². The molecule has 0 fully saturated rings. The molecule has 4 rings (SSSR count). The molecule has 0 saturated carbocycles. The lowest BCUT2D eigenvalue weighted by molar-refractivity contribution is -0.117. The number of rotatable bonds is 7. The van der Waals surface area contributed by atoms with Crippen LogP contribution in [0.1, 0.15) is 4.88 Å². The van der Waals surface area contributed by atoms with Gasteiger partial charge in [-0.15, -0.1) is 22.7 Å². The molecule has 2 N–H and O–H groups in total. The minimum absolute atomic E-state index is 0.0309. The predicted octanol–water partition coefficient (Wildman–Crippen LogP) is 4.72. The average molecular weight is 473 g/mol. The van der Waals surface area contributed by atoms with Crippen molar-refractivity contribution in [2.45, 2.75) is 11.4 Å². The van der Waals surface area contributed by atoms with E-state index >= 15 is 0 Å². The summed E-state index contributed by atoms with van der Waals surface area (Å²) in [6.07, 6.45) is 2.17. The van der Waals surface area contributed by atoms with E-state index in [1.807, 2.05) is 22.9 Å². The minimum atomic E-state index is -0.516. The highest BCUT2D eigenvalue weighted by atomic mass is 32.2. The van der Waals surface area contributed by atoms with Gasteiger partial charge in [0.1, 0.15) is 22.0 Å². The van der Waals surface area contributed by atoms with Crippen LogP contribution < -0.4 is 10.6 Å². The van der Waals surface area contributed by atoms with Crippen molar-refractivity contribution in [1.82, 2.24) is 20.6 Å². The Morgan fingerprint density at radius 1 is 1.10 bits per heavy atom. The quantitative estimate of drug-likeness (QED) is 0.300. The molecule has 0 unspecified atom stereocenters. The van der Waals surface area contributed by atoms with Crippen LogP contribution in [0.5, 0.6) is 0 Å². The summed E-state index contributed by atoms with van der Waals surface area (Å²) in [5.41, 5.74) is 1.73. The van der Waals surface area contributed by atoms with Crippen LogP contribution in [-0.2, 0) is 11.2 Å². The molecule has 0 spiro atoms. The molecule has 0 saturated heterocycles. The number of halogens is 1. The van der Waals surface area contributed by atoms with E-state index in [4.69, 9.17) is 0 Å². The molecule has 4 aromatic rings. The van der Waals surface area contributed by atoms with E-state index in [9.17, 15) is 14.0 Å². The van der Waals surface area contributed by atoms with Crippen molar-refractivity contribution in [3.8, 4) is 11.1 Å². The van der Waals surface area contributed by atoms with E-state index in [2.05, 4.69) is 20.6 Å². The van der Waals surface area contributed by atoms with Crippen LogP contribution in [0.4, 0.5) is 9.18 Å². The molecule has 31 heavy (non-hydrogen) atoms. The normalized spacial score (nSPS) is 10.9. The number of hydrogen-bond acceptors (Lipinski definition) is 7. The van der Waals surface area contributed by atoms with Gasteiger partial charge in [-0.3, -0.25) is 10.1 Å². The van der Waals surface area contributed by atoms with Gasteiger partial charge in [-0.1, -0.05) is 30.0 Å². The van der Waals surface area contributed by atoms with Crippen LogP contribution >= 0.6 is 34.4 Å². The van der Waals surface area contributed by atoms with E-state index in [0.29, 0.717) is 11.6 Å². The van der Waals surface area contributed by atoms with Gasteiger partial charge in [0.25, 0.3) is 0 Å². The van der Waals surface area contributed by atoms with Gasteiger partial charge < -0.3 is 5.32 Å². The molecule has 3 amide bonds. The topological polar surface area (TPSA) is 84.0 Å². The smallest absolute Gasteiger partial charge is 0.321 e. The second-order valence-electron chi connectivity index (χ2n) is 6.44. The first kappa shape index (κ1) is 21.4. The molecule has 3 heterocycles. The van der Waals surface area contributed by atoms with Crippen LogP contribution in [0.25, 0.3) is 21.3 Å². The third-order valence-corrected chi connectivity index (χ3v) is 7.13. The van der Waals surface area contributed by atoms with Crippen molar-refractivity contribution < 1.29 is 14.0 Å². The molecule has 0 aliphatic carbocycles. The Balaban J connectivity index is 1.37. The SMILES string of the molecule is O=C(CSc1ncnc2scc(-c3ccc(F)cc3)c12)NC(=O)NCCc1cccs1. The molecule has 0 aliphatic heterocycles. The second kappa shape index (κ2) is 9.99. The van der Waals surface area contributed by atoms with E-state index in [-0.39, 0.29) is 11.6 Å². The number of nitrogens with zero attached hydrogens (tertiary/aromatic N) is 2. The lowest BCUT2D eigenvalue weighted by Crippen LogP contribution is -2.41. The molecule has 0 radical (unpaired) electrons. The highest BCUT2D eigenvalue weighted by Crippen LogP contribution is 2.37. The van der Waals surface area contributed by atoms with Crippen molar-refractivity contribution in [1.29, 1.82) is 0 Å². The maximum absolute atomic E-state index is 13.3. The molecule has 158 valence electrons. The van der Waals surface area contributed by atoms with Gasteiger partial charge in [-0.2, -0.15) is 0 Å². The number of thiophene rings is 2. The highest BCUT2D eigenvalue weighted by molar-refractivity contribution is 8.00. The maximum Gasteiger partial charge on any atom is 0.321 e. The number of benzene rings is 1. The Morgan fingerprint density at radius 2 is 1.94 bits per heavy atom. The van der Waals surface area contributed by atoms with Gasteiger partial charge in [0, 0.05) is 22.4 Å². The molecule has 0 bridgehead atoms. The van der Waals surface area contributed by atoms with Gasteiger partial charge in [-0.05, 0) is 35.6 Å². The second-order valence-corrected chi connectivity index (χ2v) is 9.29. The van der Waals surface area contributed by atoms with Crippen LogP contribution in [0, 0.1) is 5.82 Å². The first-order chi connectivity index (χ1) is 15.1. The summed E-state index contributed by atoms with van der Waals surface area (Å²) in [5, 5.41) is 10.4. The molecular weight excluding hydrogens is 455 g/mol. The lowest BCUT2D eigenvalue weighted by atomic mass is 10.1. The molecule has 6 nitrogen and oxygen atoms in total. The maximum atomic E-state index is 13.3. The standard InChI is InChI=1S/C21H17FN4O2S3/c22-14-5-3-13(4-6-14)16-10-30-19-18(16)20(25-12-24-19)31-11-17(27)26-21(28)23-8-7-15-2-1-9-29-15/h1-6,9-10,12H,7-8,11H2,(H2,23,26,27,28). The number of carbonyl (C=O) groups is 2. The zero-order valence-electron chi connectivity index (χ0n) is 16.1. The van der Waals surface area contributed by atoms with E-state index in [1.54, 1.807) is 23.5 Å². The Labute approximate surface area is 189 Å². The summed E-state index contributed by atoms with van der Waals surface area (Å²) in [6, 6.07) is 9.65. The monoisotopic (exact) mass is 472 g/mol. The number of imide groups is 1. The molecule has 0 aliphatic rings. The zero-order valence-corrected chi connectivity index (χ0v) is 18.6. The van der Waals surface area contributed by atoms with Gasteiger partial charge in [0.05, 0.1) is 11.1 Å². The fraction of sp³-hybridized carbons (Fsp3) is 0.143. The van der Waals surface area contributed by atoms with E-state index in [0.717, 1.165) is 27.8 Å². The molecule has 0 atom stereocenters. The molecular formula is C21H17FN4O2S3. The van der Waals surface area contributed by atoms with Crippen molar-refractivity contribution in [3.63, 3.8) is 0 Å². The predicted molar refractivity (Wildman–Crippen MR) is 123 cm³/mol. The zero-order chi connectivity index (χ0) is 21.6. The largest absolute Gasteiger partial charge is 0.337 e. The van der Waals surface area contributed by atoms with Crippen molar-refractivity contribution in [3.05, 3.63) is 64.2 Å². The van der Waals surface area contributed by atoms with Crippen molar-refractivity contribution >= 4 is 56.6 Å². The fourth-order valence-electron chi connectivity index (χ4n) is 2.89. The number of hydrogen-bond donors (Lipinski definition) is 2. The average Bonchev–Trinajstić information content (AvgIpc) is 3.43. The van der Waals surface area contributed by atoms with Crippen molar-refractivity contribution in [2.24, 2.45) is 0 Å². The summed E-state index contributed by atoms with van der Waals surface area (Å²) < 4.78 is 13.3. The molecule has 1 aromatic carbocycles. The summed E-state index contributed by atoms with van der Waals surface area (Å²) in [7, 11) is 0. The van der Waals surface area contributed by atoms with Gasteiger partial charge >= 0.3 is 6.03 Å². The highest BCUT2D eigenvalue weighted by Gasteiger charge is 2.15. The molecule has 10 heteroatoms. The number of amides is 3. The van der Waals surface area contributed by atoms with Crippen LogP contribution in [0.15, 0.2) is 58.5 Å². The Hall–Kier alpha value is -2.82. The summed E-state index contributed by atoms with van der Waals surface area (Å²) in [4.78, 5) is 34.7. The number of fused-ring (bicyclic) bond motifs is 1.